The van der Waals surface area contributed by atoms with Crippen LogP contribution in [0.25, 0.3) is 0 Å². The summed E-state index contributed by atoms with van der Waals surface area (Å²) in [5, 5.41) is 0. The first-order chi connectivity index (χ1) is 3.27. The number of nitrogens with one attached hydrogen (secondary N) is 1. The Labute approximate surface area is 50.1 Å². The van der Waals surface area contributed by atoms with Crippen LogP contribution in [0.2, 0.25) is 0 Å². The average molecular weight is 120 g/mol. The lowest BCUT2D eigenvalue weighted by Crippen LogP contribution is -3.06. The van der Waals surface area contributed by atoms with Gasteiger partial charge in [0.15, 0.2) is 0 Å². The lowest BCUT2D eigenvalue weighted by atomic mass is 10.7. The third-order valence-electron chi connectivity index (χ3n) is 0.806. The highest BCUT2D eigenvalue weighted by Gasteiger charge is 1.87. The summed E-state index contributed by atoms with van der Waals surface area (Å²) in [5.74, 6) is 1.28. The lowest BCUT2D eigenvalue weighted by molar-refractivity contribution is -0.855. The van der Waals surface area contributed by atoms with Crippen molar-refractivity contribution in [2.75, 3.05) is 32.6 Å². The van der Waals surface area contributed by atoms with Crippen molar-refractivity contribution in [2.24, 2.45) is 0 Å². The van der Waals surface area contributed by atoms with Gasteiger partial charge in [-0.3, -0.25) is 0 Å². The third-order valence-corrected chi connectivity index (χ3v) is 1.42. The minimum Gasteiger partial charge on any atom is -0.339 e. The van der Waals surface area contributed by atoms with Gasteiger partial charge in [-0.2, -0.15) is 11.8 Å². The molecule has 0 aromatic heterocycles. The summed E-state index contributed by atoms with van der Waals surface area (Å²) in [6.45, 7) is 1.28. The van der Waals surface area contributed by atoms with Crippen molar-refractivity contribution in [1.82, 2.24) is 0 Å². The normalized spacial score (nSPS) is 10.3. The van der Waals surface area contributed by atoms with Crippen LogP contribution in [-0.2, 0) is 0 Å². The topological polar surface area (TPSA) is 4.44 Å². The van der Waals surface area contributed by atoms with Crippen LogP contribution in [0.4, 0.5) is 0 Å². The van der Waals surface area contributed by atoms with Gasteiger partial charge >= 0.3 is 0 Å². The molecule has 0 fully saturated rings. The van der Waals surface area contributed by atoms with Crippen molar-refractivity contribution >= 4 is 11.8 Å². The number of hydrogen-bond donors (Lipinski definition) is 1. The molecule has 0 saturated heterocycles. The molecule has 7 heavy (non-hydrogen) atoms. The van der Waals surface area contributed by atoms with Crippen LogP contribution < -0.4 is 4.90 Å². The predicted molar refractivity (Wildman–Crippen MR) is 36.1 cm³/mol. The molecule has 0 rings (SSSR count). The SMILES string of the molecule is CSCC[NH+](C)C. The van der Waals surface area contributed by atoms with Gasteiger partial charge in [0, 0.05) is 5.75 Å². The van der Waals surface area contributed by atoms with Gasteiger partial charge < -0.3 is 4.90 Å². The minimum atomic E-state index is 1.28. The molecule has 0 unspecified atom stereocenters. The number of thioether (sulfide) groups is 1. The molecule has 44 valence electrons. The Bertz CT molecular complexity index is 37.1. The maximum absolute atomic E-state index is 2.18. The molecular formula is C5H14NS+. The second kappa shape index (κ2) is 4.47. The van der Waals surface area contributed by atoms with Crippen LogP contribution in [0.5, 0.6) is 0 Å². The Morgan fingerprint density at radius 1 is 1.43 bits per heavy atom. The molecule has 1 nitrogen and oxygen atoms in total. The van der Waals surface area contributed by atoms with Gasteiger partial charge in [0.1, 0.15) is 0 Å². The smallest absolute Gasteiger partial charge is 0.0858 e. The Hall–Kier alpha value is 0.310. The summed E-state index contributed by atoms with van der Waals surface area (Å²) in [6.07, 6.45) is 2.14. The first kappa shape index (κ1) is 7.31. The van der Waals surface area contributed by atoms with E-state index in [-0.39, 0.29) is 0 Å². The van der Waals surface area contributed by atoms with Gasteiger partial charge in [-0.05, 0) is 6.26 Å². The van der Waals surface area contributed by atoms with Crippen molar-refractivity contribution in [3.05, 3.63) is 0 Å². The highest BCUT2D eigenvalue weighted by molar-refractivity contribution is 7.98. The molecule has 0 aromatic rings. The fraction of sp³-hybridized carbons (Fsp3) is 1.00. The van der Waals surface area contributed by atoms with Gasteiger partial charge in [-0.1, -0.05) is 0 Å². The molecule has 0 aliphatic carbocycles. The van der Waals surface area contributed by atoms with Crippen LogP contribution in [-0.4, -0.2) is 32.6 Å². The lowest BCUT2D eigenvalue weighted by Gasteiger charge is -2.03. The van der Waals surface area contributed by atoms with Gasteiger partial charge in [-0.25, -0.2) is 0 Å². The Balaban J connectivity index is 2.68. The second-order valence-corrected chi connectivity index (χ2v) is 2.94. The summed E-state index contributed by atoms with van der Waals surface area (Å²) in [5.41, 5.74) is 0. The van der Waals surface area contributed by atoms with E-state index >= 15 is 0 Å². The molecule has 0 aromatic carbocycles. The largest absolute Gasteiger partial charge is 0.339 e. The van der Waals surface area contributed by atoms with Gasteiger partial charge in [0.05, 0.1) is 20.6 Å². The van der Waals surface area contributed by atoms with Crippen molar-refractivity contribution in [2.45, 2.75) is 0 Å². The third kappa shape index (κ3) is 6.31. The quantitative estimate of drug-likeness (QED) is 0.526. The van der Waals surface area contributed by atoms with Crippen molar-refractivity contribution in [3.8, 4) is 0 Å². The van der Waals surface area contributed by atoms with Crippen LogP contribution in [0.1, 0.15) is 0 Å². The maximum atomic E-state index is 2.18. The second-order valence-electron chi connectivity index (χ2n) is 1.95. The van der Waals surface area contributed by atoms with E-state index in [1.165, 1.54) is 17.2 Å². The molecule has 0 heterocycles. The standard InChI is InChI=1S/C5H13NS/c1-6(2)4-5-7-3/h4-5H2,1-3H3/p+1. The Morgan fingerprint density at radius 2 is 2.00 bits per heavy atom. The van der Waals surface area contributed by atoms with Crippen molar-refractivity contribution in [1.29, 1.82) is 0 Å². The highest BCUT2D eigenvalue weighted by Crippen LogP contribution is 1.83. The molecule has 0 bridgehead atoms. The average Bonchev–Trinajstić information content (AvgIpc) is 1.61. The van der Waals surface area contributed by atoms with E-state index in [9.17, 15) is 0 Å². The molecule has 1 N–H and O–H groups in total. The fourth-order valence-corrected chi connectivity index (χ4v) is 0.919. The van der Waals surface area contributed by atoms with E-state index < -0.39 is 0 Å². The number of rotatable bonds is 3. The molecule has 0 saturated carbocycles. The minimum absolute atomic E-state index is 1.28. The van der Waals surface area contributed by atoms with E-state index in [0.717, 1.165) is 0 Å². The zero-order valence-electron chi connectivity index (χ0n) is 5.32. The van der Waals surface area contributed by atoms with Gasteiger partial charge in [0.25, 0.3) is 0 Å². The molecule has 0 spiro atoms. The molecule has 0 aliphatic heterocycles. The Morgan fingerprint density at radius 3 is 2.14 bits per heavy atom. The Kier molecular flexibility index (Phi) is 4.67. The predicted octanol–water partition coefficient (Wildman–Crippen LogP) is -0.506. The summed E-state index contributed by atoms with van der Waals surface area (Å²) < 4.78 is 0. The molecule has 0 atom stereocenters. The van der Waals surface area contributed by atoms with Crippen LogP contribution in [0.15, 0.2) is 0 Å². The molecule has 0 aliphatic rings. The van der Waals surface area contributed by atoms with E-state index in [4.69, 9.17) is 0 Å². The summed E-state index contributed by atoms with van der Waals surface area (Å²) >= 11 is 1.91. The molecule has 2 heteroatoms. The first-order valence-corrected chi connectivity index (χ1v) is 3.94. The van der Waals surface area contributed by atoms with Crippen LogP contribution >= 0.6 is 11.8 Å². The molecule has 0 amide bonds. The van der Waals surface area contributed by atoms with Crippen molar-refractivity contribution < 1.29 is 4.90 Å². The first-order valence-electron chi connectivity index (χ1n) is 2.55. The van der Waals surface area contributed by atoms with E-state index in [1.54, 1.807) is 0 Å². The maximum Gasteiger partial charge on any atom is 0.0858 e. The highest BCUT2D eigenvalue weighted by atomic mass is 32.2. The summed E-state index contributed by atoms with van der Waals surface area (Å²) in [7, 11) is 4.35. The number of hydrogen-bond acceptors (Lipinski definition) is 1. The van der Waals surface area contributed by atoms with Crippen LogP contribution in [0.3, 0.4) is 0 Å². The van der Waals surface area contributed by atoms with Crippen LogP contribution in [0, 0.1) is 0 Å². The zero-order valence-corrected chi connectivity index (χ0v) is 6.14. The fourth-order valence-electron chi connectivity index (χ4n) is 0.306. The van der Waals surface area contributed by atoms with Gasteiger partial charge in [0.2, 0.25) is 0 Å². The molecule has 0 radical (unpaired) electrons. The van der Waals surface area contributed by atoms with E-state index in [2.05, 4.69) is 20.4 Å². The van der Waals surface area contributed by atoms with Crippen molar-refractivity contribution in [3.63, 3.8) is 0 Å². The molecular weight excluding hydrogens is 106 g/mol. The number of quaternary nitrogens is 1. The van der Waals surface area contributed by atoms with E-state index in [0.29, 0.717) is 0 Å². The van der Waals surface area contributed by atoms with E-state index in [1.807, 2.05) is 11.8 Å². The monoisotopic (exact) mass is 120 g/mol. The summed E-state index contributed by atoms with van der Waals surface area (Å²) in [6, 6.07) is 0. The summed E-state index contributed by atoms with van der Waals surface area (Å²) in [4.78, 5) is 1.54. The zero-order chi connectivity index (χ0) is 5.70. The van der Waals surface area contributed by atoms with Gasteiger partial charge in [-0.15, -0.1) is 0 Å².